The number of nitrogens with two attached hydrogens (primary N) is 1. The van der Waals surface area contributed by atoms with Crippen LogP contribution in [0.1, 0.15) is 6.42 Å². The van der Waals surface area contributed by atoms with Crippen LogP contribution in [0.2, 0.25) is 0 Å². The highest BCUT2D eigenvalue weighted by Crippen LogP contribution is 2.30. The van der Waals surface area contributed by atoms with Gasteiger partial charge in [0.25, 0.3) is 0 Å². The number of fused-ring (bicyclic) bond motifs is 1. The summed E-state index contributed by atoms with van der Waals surface area (Å²) in [6, 6.07) is 8.03. The smallest absolute Gasteiger partial charge is 0.0743 e. The van der Waals surface area contributed by atoms with E-state index in [1.54, 1.807) is 7.11 Å². The van der Waals surface area contributed by atoms with Crippen molar-refractivity contribution in [1.29, 1.82) is 0 Å². The average molecular weight is 257 g/mol. The van der Waals surface area contributed by atoms with Crippen molar-refractivity contribution in [3.63, 3.8) is 0 Å². The van der Waals surface area contributed by atoms with Gasteiger partial charge in [-0.3, -0.25) is 4.98 Å². The van der Waals surface area contributed by atoms with E-state index in [1.807, 2.05) is 18.3 Å². The third-order valence-corrected chi connectivity index (χ3v) is 3.77. The molecule has 0 spiro atoms. The lowest BCUT2D eigenvalue weighted by Crippen LogP contribution is -2.21. The first-order chi connectivity index (χ1) is 9.28. The fourth-order valence-electron chi connectivity index (χ4n) is 2.85. The van der Waals surface area contributed by atoms with Gasteiger partial charge in [-0.25, -0.2) is 0 Å². The van der Waals surface area contributed by atoms with Gasteiger partial charge < -0.3 is 15.4 Å². The molecule has 1 fully saturated rings. The van der Waals surface area contributed by atoms with E-state index in [0.717, 1.165) is 30.9 Å². The molecule has 0 amide bonds. The van der Waals surface area contributed by atoms with Crippen molar-refractivity contribution in [1.82, 2.24) is 4.98 Å². The third-order valence-electron chi connectivity index (χ3n) is 3.77. The number of nitrogens with zero attached hydrogens (tertiary/aromatic N) is 2. The van der Waals surface area contributed by atoms with E-state index < -0.39 is 0 Å². The number of nitrogen functional groups attached to an aromatic ring is 1. The molecule has 100 valence electrons. The second-order valence-electron chi connectivity index (χ2n) is 5.16. The summed E-state index contributed by atoms with van der Waals surface area (Å²) in [5.41, 5.74) is 8.80. The van der Waals surface area contributed by atoms with Crippen molar-refractivity contribution in [2.75, 3.05) is 37.4 Å². The van der Waals surface area contributed by atoms with E-state index in [0.29, 0.717) is 5.92 Å². The number of hydrogen-bond acceptors (Lipinski definition) is 4. The first-order valence-electron chi connectivity index (χ1n) is 6.66. The number of benzene rings is 1. The highest BCUT2D eigenvalue weighted by Gasteiger charge is 2.23. The minimum Gasteiger partial charge on any atom is -0.399 e. The van der Waals surface area contributed by atoms with Crippen molar-refractivity contribution in [3.8, 4) is 0 Å². The van der Waals surface area contributed by atoms with Crippen molar-refractivity contribution in [3.05, 3.63) is 30.5 Å². The van der Waals surface area contributed by atoms with Crippen molar-refractivity contribution in [2.45, 2.75) is 6.42 Å². The van der Waals surface area contributed by atoms with Crippen LogP contribution in [-0.2, 0) is 4.74 Å². The van der Waals surface area contributed by atoms with Crippen LogP contribution in [-0.4, -0.2) is 31.8 Å². The fourth-order valence-corrected chi connectivity index (χ4v) is 2.85. The molecule has 0 saturated carbocycles. The lowest BCUT2D eigenvalue weighted by Gasteiger charge is -2.20. The van der Waals surface area contributed by atoms with E-state index in [2.05, 4.69) is 22.0 Å². The Labute approximate surface area is 113 Å². The molecule has 2 N–H and O–H groups in total. The second-order valence-corrected chi connectivity index (χ2v) is 5.16. The molecule has 2 aromatic rings. The highest BCUT2D eigenvalue weighted by molar-refractivity contribution is 5.93. The van der Waals surface area contributed by atoms with Gasteiger partial charge in [-0.05, 0) is 30.7 Å². The molecule has 1 atom stereocenters. The zero-order valence-electron chi connectivity index (χ0n) is 11.2. The molecule has 1 aliphatic rings. The summed E-state index contributed by atoms with van der Waals surface area (Å²) >= 11 is 0. The number of rotatable bonds is 3. The monoisotopic (exact) mass is 257 g/mol. The van der Waals surface area contributed by atoms with Crippen LogP contribution >= 0.6 is 0 Å². The quantitative estimate of drug-likeness (QED) is 0.857. The van der Waals surface area contributed by atoms with Crippen LogP contribution in [0.25, 0.3) is 10.9 Å². The van der Waals surface area contributed by atoms with E-state index in [1.165, 1.54) is 17.5 Å². The van der Waals surface area contributed by atoms with E-state index in [9.17, 15) is 0 Å². The average Bonchev–Trinajstić information content (AvgIpc) is 2.86. The van der Waals surface area contributed by atoms with Gasteiger partial charge in [0, 0.05) is 49.1 Å². The zero-order chi connectivity index (χ0) is 13.2. The Hall–Kier alpha value is -1.81. The van der Waals surface area contributed by atoms with Gasteiger partial charge in [0.15, 0.2) is 0 Å². The van der Waals surface area contributed by atoms with Crippen LogP contribution in [0.15, 0.2) is 30.5 Å². The van der Waals surface area contributed by atoms with Crippen LogP contribution in [0, 0.1) is 5.92 Å². The highest BCUT2D eigenvalue weighted by atomic mass is 16.5. The second kappa shape index (κ2) is 5.05. The van der Waals surface area contributed by atoms with Crippen molar-refractivity contribution < 1.29 is 4.74 Å². The molecule has 3 rings (SSSR count). The molecule has 1 aliphatic heterocycles. The molecule has 1 aromatic heterocycles. The molecule has 1 aromatic carbocycles. The van der Waals surface area contributed by atoms with Gasteiger partial charge in [-0.2, -0.15) is 0 Å². The molecular weight excluding hydrogens is 238 g/mol. The van der Waals surface area contributed by atoms with Gasteiger partial charge in [-0.15, -0.1) is 0 Å². The van der Waals surface area contributed by atoms with E-state index >= 15 is 0 Å². The Morgan fingerprint density at radius 2 is 2.32 bits per heavy atom. The largest absolute Gasteiger partial charge is 0.399 e. The first-order valence-corrected chi connectivity index (χ1v) is 6.66. The van der Waals surface area contributed by atoms with Crippen LogP contribution in [0.4, 0.5) is 11.4 Å². The Bertz CT molecular complexity index is 585. The summed E-state index contributed by atoms with van der Waals surface area (Å²) in [5.74, 6) is 0.627. The van der Waals surface area contributed by atoms with Crippen LogP contribution in [0.3, 0.4) is 0 Å². The number of anilines is 2. The topological polar surface area (TPSA) is 51.4 Å². The summed E-state index contributed by atoms with van der Waals surface area (Å²) in [6.45, 7) is 2.97. The van der Waals surface area contributed by atoms with Crippen molar-refractivity contribution in [2.24, 2.45) is 5.92 Å². The lowest BCUT2D eigenvalue weighted by atomic mass is 10.1. The molecule has 1 saturated heterocycles. The van der Waals surface area contributed by atoms with Crippen LogP contribution < -0.4 is 10.6 Å². The van der Waals surface area contributed by atoms with Gasteiger partial charge in [0.1, 0.15) is 0 Å². The van der Waals surface area contributed by atoms with Gasteiger partial charge in [0.2, 0.25) is 0 Å². The van der Waals surface area contributed by atoms with Gasteiger partial charge in [0.05, 0.1) is 12.1 Å². The summed E-state index contributed by atoms with van der Waals surface area (Å²) in [6.07, 6.45) is 3.05. The minimum absolute atomic E-state index is 0.627. The van der Waals surface area contributed by atoms with E-state index in [-0.39, 0.29) is 0 Å². The fraction of sp³-hybridized carbons (Fsp3) is 0.400. The number of hydrogen-bond donors (Lipinski definition) is 1. The predicted octanol–water partition coefficient (Wildman–Crippen LogP) is 2.29. The third kappa shape index (κ3) is 2.36. The number of ether oxygens (including phenoxy) is 1. The molecule has 0 aliphatic carbocycles. The molecule has 2 heterocycles. The molecule has 19 heavy (non-hydrogen) atoms. The Balaban J connectivity index is 1.93. The Kier molecular flexibility index (Phi) is 3.25. The summed E-state index contributed by atoms with van der Waals surface area (Å²) < 4.78 is 5.26. The number of methoxy groups -OCH3 is 1. The maximum Gasteiger partial charge on any atom is 0.0743 e. The zero-order valence-corrected chi connectivity index (χ0v) is 11.2. The number of aromatic nitrogens is 1. The molecular formula is C15H19N3O. The summed E-state index contributed by atoms with van der Waals surface area (Å²) in [5, 5.41) is 1.18. The first kappa shape index (κ1) is 12.2. The standard InChI is InChI=1S/C15H19N3O/c1-19-10-11-5-7-18(9-11)15-4-6-17-14-8-12(16)2-3-13(14)15/h2-4,6,8,11H,5,7,9-10,16H2,1H3. The molecule has 0 bridgehead atoms. The van der Waals surface area contributed by atoms with Crippen molar-refractivity contribution >= 4 is 22.3 Å². The van der Waals surface area contributed by atoms with Crippen LogP contribution in [0.5, 0.6) is 0 Å². The Morgan fingerprint density at radius 1 is 1.42 bits per heavy atom. The van der Waals surface area contributed by atoms with Gasteiger partial charge >= 0.3 is 0 Å². The molecule has 4 nitrogen and oxygen atoms in total. The van der Waals surface area contributed by atoms with E-state index in [4.69, 9.17) is 10.5 Å². The summed E-state index contributed by atoms with van der Waals surface area (Å²) in [7, 11) is 1.77. The maximum atomic E-state index is 5.82. The Morgan fingerprint density at radius 3 is 3.16 bits per heavy atom. The normalized spacial score (nSPS) is 19.2. The lowest BCUT2D eigenvalue weighted by molar-refractivity contribution is 0.161. The molecule has 0 radical (unpaired) electrons. The maximum absolute atomic E-state index is 5.82. The molecule has 4 heteroatoms. The number of pyridine rings is 1. The minimum atomic E-state index is 0.627. The SMILES string of the molecule is COCC1CCN(c2ccnc3cc(N)ccc23)C1. The molecule has 1 unspecified atom stereocenters. The van der Waals surface area contributed by atoms with Gasteiger partial charge in [-0.1, -0.05) is 0 Å². The predicted molar refractivity (Wildman–Crippen MR) is 78.4 cm³/mol. The summed E-state index contributed by atoms with van der Waals surface area (Å²) in [4.78, 5) is 6.82.